The molecular formula is C20H32O4. The van der Waals surface area contributed by atoms with Gasteiger partial charge in [-0.2, -0.15) is 0 Å². The van der Waals surface area contributed by atoms with Crippen molar-refractivity contribution < 1.29 is 20.1 Å². The summed E-state index contributed by atoms with van der Waals surface area (Å²) in [5, 5.41) is 27.2. The smallest absolute Gasteiger partial charge is 0.303 e. The molecule has 4 heteroatoms. The molecule has 0 aliphatic rings. The Bertz CT molecular complexity index is 419. The van der Waals surface area contributed by atoms with Gasteiger partial charge in [0, 0.05) is 6.42 Å². The van der Waals surface area contributed by atoms with Crippen molar-refractivity contribution in [3.05, 3.63) is 48.6 Å². The van der Waals surface area contributed by atoms with Crippen molar-refractivity contribution in [1.82, 2.24) is 0 Å². The summed E-state index contributed by atoms with van der Waals surface area (Å²) >= 11 is 0. The lowest BCUT2D eigenvalue weighted by molar-refractivity contribution is -0.137. The Labute approximate surface area is 145 Å². The van der Waals surface area contributed by atoms with Gasteiger partial charge >= 0.3 is 5.97 Å². The first-order chi connectivity index (χ1) is 11.5. The van der Waals surface area contributed by atoms with Crippen LogP contribution in [0, 0.1) is 0 Å². The first-order valence-corrected chi connectivity index (χ1v) is 8.73. The van der Waals surface area contributed by atoms with Crippen LogP contribution >= 0.6 is 0 Å². The molecule has 0 aromatic rings. The van der Waals surface area contributed by atoms with Gasteiger partial charge in [0.05, 0.1) is 12.2 Å². The SMILES string of the molecule is CC(O)CCC/C=C\C/C=C\C/C=C\C=C\C(O)CCCC(=O)O. The summed E-state index contributed by atoms with van der Waals surface area (Å²) in [4.78, 5) is 10.3. The topological polar surface area (TPSA) is 77.8 Å². The van der Waals surface area contributed by atoms with Crippen LogP contribution in [0.25, 0.3) is 0 Å². The van der Waals surface area contributed by atoms with E-state index in [9.17, 15) is 9.90 Å². The molecule has 0 saturated carbocycles. The molecule has 0 fully saturated rings. The number of hydrogen-bond acceptors (Lipinski definition) is 3. The molecule has 0 aliphatic carbocycles. The fraction of sp³-hybridized carbons (Fsp3) is 0.550. The predicted octanol–water partition coefficient (Wildman–Crippen LogP) is 4.16. The van der Waals surface area contributed by atoms with E-state index in [2.05, 4.69) is 24.3 Å². The number of carboxylic acids is 1. The molecule has 0 spiro atoms. The van der Waals surface area contributed by atoms with Crippen LogP contribution in [0.2, 0.25) is 0 Å². The number of aliphatic carboxylic acids is 1. The Morgan fingerprint density at radius 1 is 0.917 bits per heavy atom. The molecule has 0 radical (unpaired) electrons. The molecule has 0 rings (SSSR count). The van der Waals surface area contributed by atoms with E-state index in [1.54, 1.807) is 12.2 Å². The lowest BCUT2D eigenvalue weighted by atomic mass is 10.1. The van der Waals surface area contributed by atoms with Crippen molar-refractivity contribution in [3.63, 3.8) is 0 Å². The lowest BCUT2D eigenvalue weighted by Crippen LogP contribution is -2.03. The minimum absolute atomic E-state index is 0.0978. The fourth-order valence-electron chi connectivity index (χ4n) is 2.00. The minimum Gasteiger partial charge on any atom is -0.481 e. The van der Waals surface area contributed by atoms with Crippen molar-refractivity contribution in [2.24, 2.45) is 0 Å². The van der Waals surface area contributed by atoms with Crippen LogP contribution in [0.4, 0.5) is 0 Å². The summed E-state index contributed by atoms with van der Waals surface area (Å²) in [6, 6.07) is 0. The standard InChI is InChI=1S/C20H32O4/c1-18(21)14-11-9-7-5-3-2-4-6-8-10-12-15-19(22)16-13-17-20(23)24/h2,4-5,7-8,10,12,15,18-19,21-22H,3,6,9,11,13-14,16-17H2,1H3,(H,23,24)/b4-2-,7-5-,10-8-,15-12+. The molecule has 4 nitrogen and oxygen atoms in total. The molecule has 2 unspecified atom stereocenters. The average molecular weight is 336 g/mol. The number of hydrogen-bond donors (Lipinski definition) is 3. The number of carbonyl (C=O) groups is 1. The highest BCUT2D eigenvalue weighted by Crippen LogP contribution is 2.03. The number of carboxylic acid groups (broad SMARTS) is 1. The first-order valence-electron chi connectivity index (χ1n) is 8.73. The fourth-order valence-corrected chi connectivity index (χ4v) is 2.00. The van der Waals surface area contributed by atoms with Crippen LogP contribution in [0.3, 0.4) is 0 Å². The summed E-state index contributed by atoms with van der Waals surface area (Å²) < 4.78 is 0. The molecule has 0 saturated heterocycles. The summed E-state index contributed by atoms with van der Waals surface area (Å²) in [5.74, 6) is -0.826. The molecule has 0 aliphatic heterocycles. The van der Waals surface area contributed by atoms with E-state index in [1.165, 1.54) is 0 Å². The van der Waals surface area contributed by atoms with Crippen molar-refractivity contribution in [2.45, 2.75) is 70.5 Å². The molecule has 24 heavy (non-hydrogen) atoms. The van der Waals surface area contributed by atoms with Crippen LogP contribution in [0.5, 0.6) is 0 Å². The van der Waals surface area contributed by atoms with Gasteiger partial charge in [-0.05, 0) is 51.9 Å². The van der Waals surface area contributed by atoms with Gasteiger partial charge in [-0.3, -0.25) is 4.79 Å². The molecule has 0 aromatic carbocycles. The van der Waals surface area contributed by atoms with Crippen LogP contribution < -0.4 is 0 Å². The van der Waals surface area contributed by atoms with Gasteiger partial charge in [0.15, 0.2) is 0 Å². The van der Waals surface area contributed by atoms with Crippen LogP contribution in [-0.2, 0) is 4.79 Å². The highest BCUT2D eigenvalue weighted by Gasteiger charge is 2.01. The van der Waals surface area contributed by atoms with Gasteiger partial charge in [0.25, 0.3) is 0 Å². The van der Waals surface area contributed by atoms with E-state index >= 15 is 0 Å². The van der Waals surface area contributed by atoms with Crippen molar-refractivity contribution in [2.75, 3.05) is 0 Å². The third-order valence-electron chi connectivity index (χ3n) is 3.34. The lowest BCUT2D eigenvalue weighted by Gasteiger charge is -2.02. The Hall–Kier alpha value is -1.65. The number of allylic oxidation sites excluding steroid dienone is 7. The van der Waals surface area contributed by atoms with E-state index in [-0.39, 0.29) is 12.5 Å². The third kappa shape index (κ3) is 18.4. The Balaban J connectivity index is 3.61. The maximum absolute atomic E-state index is 10.3. The Morgan fingerprint density at radius 3 is 2.25 bits per heavy atom. The Morgan fingerprint density at radius 2 is 1.58 bits per heavy atom. The summed E-state index contributed by atoms with van der Waals surface area (Å²) in [7, 11) is 0. The third-order valence-corrected chi connectivity index (χ3v) is 3.34. The number of unbranched alkanes of at least 4 members (excludes halogenated alkanes) is 1. The summed E-state index contributed by atoms with van der Waals surface area (Å²) in [6.07, 6.45) is 20.8. The molecular weight excluding hydrogens is 304 g/mol. The molecule has 0 heterocycles. The highest BCUT2D eigenvalue weighted by atomic mass is 16.4. The zero-order valence-corrected chi connectivity index (χ0v) is 14.7. The molecule has 0 amide bonds. The summed E-state index contributed by atoms with van der Waals surface area (Å²) in [6.45, 7) is 1.81. The van der Waals surface area contributed by atoms with E-state index in [0.29, 0.717) is 12.8 Å². The number of aliphatic hydroxyl groups is 2. The van der Waals surface area contributed by atoms with E-state index in [4.69, 9.17) is 10.2 Å². The number of aliphatic hydroxyl groups excluding tert-OH is 2. The number of rotatable bonds is 14. The highest BCUT2D eigenvalue weighted by molar-refractivity contribution is 5.66. The van der Waals surface area contributed by atoms with Crippen LogP contribution in [0.15, 0.2) is 48.6 Å². The van der Waals surface area contributed by atoms with Crippen molar-refractivity contribution >= 4 is 5.97 Å². The Kier molecular flexibility index (Phi) is 15.1. The van der Waals surface area contributed by atoms with E-state index in [1.807, 2.05) is 19.1 Å². The van der Waals surface area contributed by atoms with Gasteiger partial charge in [0.2, 0.25) is 0 Å². The maximum Gasteiger partial charge on any atom is 0.303 e. The second-order valence-corrected chi connectivity index (χ2v) is 5.86. The molecule has 3 N–H and O–H groups in total. The summed E-state index contributed by atoms with van der Waals surface area (Å²) in [5.41, 5.74) is 0. The predicted molar refractivity (Wildman–Crippen MR) is 98.8 cm³/mol. The van der Waals surface area contributed by atoms with Crippen LogP contribution in [0.1, 0.15) is 58.3 Å². The van der Waals surface area contributed by atoms with Crippen molar-refractivity contribution in [1.29, 1.82) is 0 Å². The van der Waals surface area contributed by atoms with Gasteiger partial charge in [0.1, 0.15) is 0 Å². The van der Waals surface area contributed by atoms with E-state index < -0.39 is 12.1 Å². The average Bonchev–Trinajstić information content (AvgIpc) is 2.51. The molecule has 136 valence electrons. The monoisotopic (exact) mass is 336 g/mol. The first kappa shape index (κ1) is 22.4. The van der Waals surface area contributed by atoms with Crippen molar-refractivity contribution in [3.8, 4) is 0 Å². The maximum atomic E-state index is 10.3. The molecule has 0 aromatic heterocycles. The zero-order chi connectivity index (χ0) is 18.0. The zero-order valence-electron chi connectivity index (χ0n) is 14.7. The molecule has 0 bridgehead atoms. The van der Waals surface area contributed by atoms with Gasteiger partial charge in [-0.15, -0.1) is 0 Å². The normalized spacial score (nSPS) is 15.1. The van der Waals surface area contributed by atoms with Crippen LogP contribution in [-0.4, -0.2) is 33.5 Å². The largest absolute Gasteiger partial charge is 0.481 e. The molecule has 2 atom stereocenters. The van der Waals surface area contributed by atoms with Gasteiger partial charge in [-0.1, -0.05) is 48.6 Å². The van der Waals surface area contributed by atoms with Gasteiger partial charge in [-0.25, -0.2) is 0 Å². The van der Waals surface area contributed by atoms with E-state index in [0.717, 1.165) is 32.1 Å². The quantitative estimate of drug-likeness (QED) is 0.253. The second kappa shape index (κ2) is 16.2. The van der Waals surface area contributed by atoms with Gasteiger partial charge < -0.3 is 15.3 Å². The second-order valence-electron chi connectivity index (χ2n) is 5.86. The minimum atomic E-state index is -0.826.